The van der Waals surface area contributed by atoms with Crippen LogP contribution in [0.5, 0.6) is 0 Å². The average molecular weight is 265 g/mol. The van der Waals surface area contributed by atoms with Crippen molar-refractivity contribution in [3.05, 3.63) is 52.9 Å². The summed E-state index contributed by atoms with van der Waals surface area (Å²) in [5, 5.41) is 3.13. The highest BCUT2D eigenvalue weighted by Crippen LogP contribution is 2.18. The van der Waals surface area contributed by atoms with E-state index in [1.807, 2.05) is 12.1 Å². The average Bonchev–Trinajstić information content (AvgIpc) is 2.81. The number of benzene rings is 1. The Morgan fingerprint density at radius 1 is 1.39 bits per heavy atom. The lowest BCUT2D eigenvalue weighted by molar-refractivity contribution is 0.0954. The zero-order valence-corrected chi connectivity index (χ0v) is 10.4. The summed E-state index contributed by atoms with van der Waals surface area (Å²) in [6, 6.07) is 8.49. The highest BCUT2D eigenvalue weighted by Gasteiger charge is 2.09. The van der Waals surface area contributed by atoms with E-state index in [0.717, 1.165) is 5.76 Å². The van der Waals surface area contributed by atoms with Crippen LogP contribution in [0.3, 0.4) is 0 Å². The van der Waals surface area contributed by atoms with E-state index >= 15 is 0 Å². The van der Waals surface area contributed by atoms with Crippen LogP contribution in [0.15, 0.2) is 41.0 Å². The highest BCUT2D eigenvalue weighted by molar-refractivity contribution is 6.34. The van der Waals surface area contributed by atoms with Crippen molar-refractivity contribution >= 4 is 23.2 Å². The third-order valence-corrected chi connectivity index (χ3v) is 2.79. The fourth-order valence-electron chi connectivity index (χ4n) is 1.56. The Hall–Kier alpha value is -1.94. The lowest BCUT2D eigenvalue weighted by Crippen LogP contribution is -2.25. The molecule has 0 aliphatic rings. The summed E-state index contributed by atoms with van der Waals surface area (Å²) in [7, 11) is 0. The number of hydrogen-bond donors (Lipinski definition) is 2. The Bertz CT molecular complexity index is 538. The summed E-state index contributed by atoms with van der Waals surface area (Å²) in [4.78, 5) is 11.8. The molecule has 1 aromatic heterocycles. The van der Waals surface area contributed by atoms with Gasteiger partial charge in [0.05, 0.1) is 16.8 Å². The van der Waals surface area contributed by atoms with Crippen molar-refractivity contribution in [2.75, 3.05) is 12.3 Å². The molecule has 18 heavy (non-hydrogen) atoms. The van der Waals surface area contributed by atoms with Crippen molar-refractivity contribution in [1.29, 1.82) is 0 Å². The first-order valence-electron chi connectivity index (χ1n) is 5.52. The summed E-state index contributed by atoms with van der Waals surface area (Å²) in [5.74, 6) is 0.616. The van der Waals surface area contributed by atoms with Crippen LogP contribution in [-0.2, 0) is 6.42 Å². The van der Waals surface area contributed by atoms with Crippen molar-refractivity contribution in [3.8, 4) is 0 Å². The molecule has 3 N–H and O–H groups in total. The zero-order chi connectivity index (χ0) is 13.0. The van der Waals surface area contributed by atoms with Crippen LogP contribution in [0.25, 0.3) is 0 Å². The first kappa shape index (κ1) is 12.5. The van der Waals surface area contributed by atoms with Crippen LogP contribution >= 0.6 is 11.6 Å². The van der Waals surface area contributed by atoms with E-state index in [1.54, 1.807) is 24.5 Å². The largest absolute Gasteiger partial charge is 0.469 e. The van der Waals surface area contributed by atoms with E-state index in [9.17, 15) is 4.79 Å². The molecule has 0 bridgehead atoms. The number of nitrogens with two attached hydrogens (primary N) is 1. The second-order valence-corrected chi connectivity index (χ2v) is 4.23. The van der Waals surface area contributed by atoms with Crippen molar-refractivity contribution in [3.63, 3.8) is 0 Å². The molecule has 0 atom stereocenters. The van der Waals surface area contributed by atoms with Gasteiger partial charge in [0.1, 0.15) is 5.76 Å². The standard InChI is InChI=1S/C13H13ClN2O2/c14-12-8-9(15)3-4-11(12)13(17)16-6-5-10-2-1-7-18-10/h1-4,7-8H,5-6,15H2,(H,16,17). The molecule has 1 heterocycles. The van der Waals surface area contributed by atoms with Crippen molar-refractivity contribution < 1.29 is 9.21 Å². The predicted octanol–water partition coefficient (Wildman–Crippen LogP) is 2.49. The molecule has 5 heteroatoms. The fourth-order valence-corrected chi connectivity index (χ4v) is 1.84. The fraction of sp³-hybridized carbons (Fsp3) is 0.154. The molecule has 0 aliphatic heterocycles. The Morgan fingerprint density at radius 2 is 2.22 bits per heavy atom. The van der Waals surface area contributed by atoms with Gasteiger partial charge < -0.3 is 15.5 Å². The monoisotopic (exact) mass is 264 g/mol. The zero-order valence-electron chi connectivity index (χ0n) is 9.65. The molecular weight excluding hydrogens is 252 g/mol. The third kappa shape index (κ3) is 3.05. The molecule has 0 saturated carbocycles. The number of anilines is 1. The van der Waals surface area contributed by atoms with Crippen LogP contribution in [0.4, 0.5) is 5.69 Å². The second-order valence-electron chi connectivity index (χ2n) is 3.82. The first-order chi connectivity index (χ1) is 8.66. The number of nitrogens with one attached hydrogen (secondary N) is 1. The summed E-state index contributed by atoms with van der Waals surface area (Å²) in [6.45, 7) is 0.493. The third-order valence-electron chi connectivity index (χ3n) is 2.47. The van der Waals surface area contributed by atoms with Crippen LogP contribution in [0.2, 0.25) is 5.02 Å². The molecule has 1 amide bonds. The Balaban J connectivity index is 1.91. The molecule has 0 unspecified atom stereocenters. The number of rotatable bonds is 4. The summed E-state index contributed by atoms with van der Waals surface area (Å²) >= 11 is 5.94. The number of carbonyl (C=O) groups excluding carboxylic acids is 1. The highest BCUT2D eigenvalue weighted by atomic mass is 35.5. The number of hydrogen-bond acceptors (Lipinski definition) is 3. The van der Waals surface area contributed by atoms with Gasteiger partial charge in [-0.25, -0.2) is 0 Å². The van der Waals surface area contributed by atoms with Gasteiger partial charge in [0.15, 0.2) is 0 Å². The molecule has 2 aromatic rings. The summed E-state index contributed by atoms with van der Waals surface area (Å²) < 4.78 is 5.17. The maximum atomic E-state index is 11.8. The smallest absolute Gasteiger partial charge is 0.252 e. The van der Waals surface area contributed by atoms with Crippen LogP contribution in [0.1, 0.15) is 16.1 Å². The maximum absolute atomic E-state index is 11.8. The lowest BCUT2D eigenvalue weighted by atomic mass is 10.2. The van der Waals surface area contributed by atoms with E-state index in [0.29, 0.717) is 29.2 Å². The lowest BCUT2D eigenvalue weighted by Gasteiger charge is -2.06. The first-order valence-corrected chi connectivity index (χ1v) is 5.90. The van der Waals surface area contributed by atoms with Crippen molar-refractivity contribution in [2.45, 2.75) is 6.42 Å². The molecule has 0 fully saturated rings. The van der Waals surface area contributed by atoms with E-state index in [2.05, 4.69) is 5.32 Å². The number of nitrogen functional groups attached to an aromatic ring is 1. The SMILES string of the molecule is Nc1ccc(C(=O)NCCc2ccco2)c(Cl)c1. The predicted molar refractivity (Wildman–Crippen MR) is 70.6 cm³/mol. The molecule has 4 nitrogen and oxygen atoms in total. The Morgan fingerprint density at radius 3 is 2.89 bits per heavy atom. The number of carbonyl (C=O) groups is 1. The minimum absolute atomic E-state index is 0.216. The molecule has 0 saturated heterocycles. The van der Waals surface area contributed by atoms with Gasteiger partial charge >= 0.3 is 0 Å². The number of furan rings is 1. The molecule has 0 aliphatic carbocycles. The Labute approximate surface area is 110 Å². The molecular formula is C13H13ClN2O2. The minimum atomic E-state index is -0.216. The minimum Gasteiger partial charge on any atom is -0.469 e. The van der Waals surface area contributed by atoms with E-state index in [1.165, 1.54) is 0 Å². The van der Waals surface area contributed by atoms with Crippen molar-refractivity contribution in [1.82, 2.24) is 5.32 Å². The Kier molecular flexibility index (Phi) is 3.89. The van der Waals surface area contributed by atoms with Gasteiger partial charge in [-0.3, -0.25) is 4.79 Å². The number of amides is 1. The number of halogens is 1. The normalized spacial score (nSPS) is 10.3. The van der Waals surface area contributed by atoms with E-state index < -0.39 is 0 Å². The van der Waals surface area contributed by atoms with Crippen LogP contribution in [-0.4, -0.2) is 12.5 Å². The van der Waals surface area contributed by atoms with E-state index in [-0.39, 0.29) is 5.91 Å². The van der Waals surface area contributed by atoms with Gasteiger partial charge in [0, 0.05) is 18.7 Å². The summed E-state index contributed by atoms with van der Waals surface area (Å²) in [5.41, 5.74) is 6.52. The maximum Gasteiger partial charge on any atom is 0.252 e. The van der Waals surface area contributed by atoms with Gasteiger partial charge in [-0.1, -0.05) is 11.6 Å². The van der Waals surface area contributed by atoms with Crippen LogP contribution < -0.4 is 11.1 Å². The molecule has 94 valence electrons. The van der Waals surface area contributed by atoms with Gasteiger partial charge in [0.25, 0.3) is 5.91 Å². The molecule has 0 spiro atoms. The molecule has 0 radical (unpaired) electrons. The van der Waals surface area contributed by atoms with Gasteiger partial charge in [-0.2, -0.15) is 0 Å². The van der Waals surface area contributed by atoms with Gasteiger partial charge in [0.2, 0.25) is 0 Å². The topological polar surface area (TPSA) is 68.3 Å². The summed E-state index contributed by atoms with van der Waals surface area (Å²) in [6.07, 6.45) is 2.25. The van der Waals surface area contributed by atoms with Gasteiger partial charge in [-0.05, 0) is 30.3 Å². The quantitative estimate of drug-likeness (QED) is 0.834. The van der Waals surface area contributed by atoms with Gasteiger partial charge in [-0.15, -0.1) is 0 Å². The van der Waals surface area contributed by atoms with Crippen molar-refractivity contribution in [2.24, 2.45) is 0 Å². The van der Waals surface area contributed by atoms with E-state index in [4.69, 9.17) is 21.8 Å². The molecule has 1 aromatic carbocycles. The van der Waals surface area contributed by atoms with Crippen LogP contribution in [0, 0.1) is 0 Å². The molecule has 2 rings (SSSR count). The second kappa shape index (κ2) is 5.60.